The summed E-state index contributed by atoms with van der Waals surface area (Å²) >= 11 is 3.32. The zero-order valence-corrected chi connectivity index (χ0v) is 12.7. The summed E-state index contributed by atoms with van der Waals surface area (Å²) in [6, 6.07) is 4.64. The van der Waals surface area contributed by atoms with Crippen molar-refractivity contribution >= 4 is 26.0 Å². The van der Waals surface area contributed by atoms with Gasteiger partial charge in [-0.3, -0.25) is 0 Å². The minimum atomic E-state index is -3.67. The molecule has 106 valence electrons. The van der Waals surface area contributed by atoms with Crippen LogP contribution >= 0.6 is 15.9 Å². The molecule has 0 radical (unpaired) electrons. The second-order valence-electron chi connectivity index (χ2n) is 4.41. The lowest BCUT2D eigenvalue weighted by molar-refractivity contribution is -0.169. The Labute approximate surface area is 121 Å². The van der Waals surface area contributed by atoms with Gasteiger partial charge in [-0.25, -0.2) is 13.6 Å². The Balaban J connectivity index is 2.01. The molecule has 19 heavy (non-hydrogen) atoms. The number of ether oxygens (including phenoxy) is 2. The van der Waals surface area contributed by atoms with Crippen molar-refractivity contribution in [3.05, 3.63) is 28.2 Å². The molecule has 1 heterocycles. The van der Waals surface area contributed by atoms with Crippen LogP contribution in [0.1, 0.15) is 24.8 Å². The third kappa shape index (κ3) is 4.25. The van der Waals surface area contributed by atoms with Crippen molar-refractivity contribution in [1.82, 2.24) is 0 Å². The lowest BCUT2D eigenvalue weighted by atomic mass is 10.2. The Kier molecular flexibility index (Phi) is 4.97. The monoisotopic (exact) mass is 349 g/mol. The second kappa shape index (κ2) is 6.32. The molecule has 1 aromatic rings. The van der Waals surface area contributed by atoms with Crippen molar-refractivity contribution < 1.29 is 17.9 Å². The van der Waals surface area contributed by atoms with Crippen LogP contribution in [0.3, 0.4) is 0 Å². The molecule has 1 aliphatic heterocycles. The first-order valence-corrected chi connectivity index (χ1v) is 8.35. The minimum Gasteiger partial charge on any atom is -0.353 e. The van der Waals surface area contributed by atoms with Gasteiger partial charge in [-0.05, 0) is 37.0 Å². The molecule has 2 N–H and O–H groups in total. The molecule has 0 spiro atoms. The smallest absolute Gasteiger partial charge is 0.238 e. The fourth-order valence-corrected chi connectivity index (χ4v) is 3.03. The fraction of sp³-hybridized carbons (Fsp3) is 0.500. The first-order chi connectivity index (χ1) is 8.97. The van der Waals surface area contributed by atoms with E-state index in [-0.39, 0.29) is 11.2 Å². The van der Waals surface area contributed by atoms with E-state index < -0.39 is 10.0 Å². The van der Waals surface area contributed by atoms with Crippen molar-refractivity contribution in [2.45, 2.75) is 37.1 Å². The van der Waals surface area contributed by atoms with Gasteiger partial charge in [-0.15, -0.1) is 0 Å². The van der Waals surface area contributed by atoms with Crippen LogP contribution in [0.25, 0.3) is 0 Å². The third-order valence-corrected chi connectivity index (χ3v) is 4.56. The lowest BCUT2D eigenvalue weighted by Gasteiger charge is -2.22. The maximum Gasteiger partial charge on any atom is 0.238 e. The molecule has 1 fully saturated rings. The van der Waals surface area contributed by atoms with Crippen LogP contribution < -0.4 is 5.14 Å². The molecule has 2 rings (SSSR count). The summed E-state index contributed by atoms with van der Waals surface area (Å²) < 4.78 is 34.2. The highest BCUT2D eigenvalue weighted by molar-refractivity contribution is 9.10. The summed E-state index contributed by atoms with van der Waals surface area (Å²) in [4.78, 5) is 0.0806. The summed E-state index contributed by atoms with van der Waals surface area (Å²) in [7, 11) is -3.67. The van der Waals surface area contributed by atoms with E-state index in [2.05, 4.69) is 15.9 Å². The van der Waals surface area contributed by atoms with Crippen LogP contribution in [0.5, 0.6) is 0 Å². The molecule has 1 aromatic carbocycles. The van der Waals surface area contributed by atoms with Gasteiger partial charge in [0.05, 0.1) is 11.5 Å². The fourth-order valence-electron chi connectivity index (χ4n) is 1.85. The van der Waals surface area contributed by atoms with Crippen LogP contribution in [0.4, 0.5) is 0 Å². The molecule has 5 nitrogen and oxygen atoms in total. The lowest BCUT2D eigenvalue weighted by Crippen LogP contribution is -2.22. The molecule has 1 unspecified atom stereocenters. The summed E-state index contributed by atoms with van der Waals surface area (Å²) in [5.41, 5.74) is 0.863. The first-order valence-electron chi connectivity index (χ1n) is 6.01. The average Bonchev–Trinajstić information content (AvgIpc) is 2.37. The summed E-state index contributed by atoms with van der Waals surface area (Å²) in [6.07, 6.45) is 2.91. The number of primary sulfonamides is 1. The van der Waals surface area contributed by atoms with Crippen LogP contribution in [-0.2, 0) is 26.1 Å². The molecule has 0 aliphatic carbocycles. The van der Waals surface area contributed by atoms with E-state index in [0.717, 1.165) is 31.4 Å². The van der Waals surface area contributed by atoms with Gasteiger partial charge in [0.25, 0.3) is 0 Å². The molecule has 7 heteroatoms. The Morgan fingerprint density at radius 3 is 2.79 bits per heavy atom. The first kappa shape index (κ1) is 14.9. The Bertz CT molecular complexity index is 541. The van der Waals surface area contributed by atoms with Gasteiger partial charge in [0.15, 0.2) is 6.29 Å². The third-order valence-electron chi connectivity index (χ3n) is 2.92. The molecule has 1 saturated heterocycles. The minimum absolute atomic E-state index is 0.0806. The topological polar surface area (TPSA) is 78.6 Å². The van der Waals surface area contributed by atoms with Gasteiger partial charge in [0.2, 0.25) is 10.0 Å². The largest absolute Gasteiger partial charge is 0.353 e. The Morgan fingerprint density at radius 2 is 2.21 bits per heavy atom. The predicted octanol–water partition coefficient (Wildman–Crippen LogP) is 2.14. The van der Waals surface area contributed by atoms with E-state index in [0.29, 0.717) is 11.1 Å². The van der Waals surface area contributed by atoms with E-state index in [1.54, 1.807) is 6.07 Å². The maximum atomic E-state index is 11.2. The summed E-state index contributed by atoms with van der Waals surface area (Å²) in [6.45, 7) is 1.10. The number of halogens is 1. The van der Waals surface area contributed by atoms with Crippen LogP contribution in [-0.4, -0.2) is 21.3 Å². The second-order valence-corrected chi connectivity index (χ2v) is 6.82. The molecule has 1 atom stereocenters. The van der Waals surface area contributed by atoms with Gasteiger partial charge in [0.1, 0.15) is 0 Å². The van der Waals surface area contributed by atoms with Crippen molar-refractivity contribution in [1.29, 1.82) is 0 Å². The summed E-state index contributed by atoms with van der Waals surface area (Å²) in [5, 5.41) is 5.07. The zero-order chi connectivity index (χ0) is 13.9. The van der Waals surface area contributed by atoms with Gasteiger partial charge < -0.3 is 9.47 Å². The van der Waals surface area contributed by atoms with Crippen molar-refractivity contribution in [2.24, 2.45) is 5.14 Å². The highest BCUT2D eigenvalue weighted by Gasteiger charge is 2.15. The molecular formula is C12H16BrNO4S. The van der Waals surface area contributed by atoms with Crippen molar-refractivity contribution in [3.8, 4) is 0 Å². The molecule has 0 saturated carbocycles. The number of hydrogen-bond acceptors (Lipinski definition) is 4. The maximum absolute atomic E-state index is 11.2. The highest BCUT2D eigenvalue weighted by atomic mass is 79.9. The number of benzene rings is 1. The molecule has 0 aromatic heterocycles. The van der Waals surface area contributed by atoms with E-state index >= 15 is 0 Å². The van der Waals surface area contributed by atoms with Crippen LogP contribution in [0.15, 0.2) is 27.6 Å². The van der Waals surface area contributed by atoms with Crippen LogP contribution in [0.2, 0.25) is 0 Å². The van der Waals surface area contributed by atoms with Crippen LogP contribution in [0, 0.1) is 0 Å². The molecule has 0 amide bonds. The summed E-state index contributed by atoms with van der Waals surface area (Å²) in [5.74, 6) is 0. The molecular weight excluding hydrogens is 334 g/mol. The zero-order valence-electron chi connectivity index (χ0n) is 10.3. The number of rotatable bonds is 4. The van der Waals surface area contributed by atoms with E-state index in [1.807, 2.05) is 0 Å². The van der Waals surface area contributed by atoms with Crippen molar-refractivity contribution in [2.75, 3.05) is 6.61 Å². The number of hydrogen-bond donors (Lipinski definition) is 1. The van der Waals surface area contributed by atoms with Crippen molar-refractivity contribution in [3.63, 3.8) is 0 Å². The van der Waals surface area contributed by atoms with Gasteiger partial charge >= 0.3 is 0 Å². The quantitative estimate of drug-likeness (QED) is 0.902. The SMILES string of the molecule is NS(=O)(=O)c1ccc(COC2CCCCO2)c(Br)c1. The van der Waals surface area contributed by atoms with Gasteiger partial charge in [0, 0.05) is 11.1 Å². The average molecular weight is 350 g/mol. The predicted molar refractivity (Wildman–Crippen MR) is 73.9 cm³/mol. The van der Waals surface area contributed by atoms with Gasteiger partial charge in [-0.2, -0.15) is 0 Å². The van der Waals surface area contributed by atoms with Gasteiger partial charge in [-0.1, -0.05) is 22.0 Å². The van der Waals surface area contributed by atoms with E-state index in [4.69, 9.17) is 14.6 Å². The molecule has 1 aliphatic rings. The normalized spacial score (nSPS) is 20.4. The Hall–Kier alpha value is -0.470. The highest BCUT2D eigenvalue weighted by Crippen LogP contribution is 2.23. The number of sulfonamides is 1. The standard InChI is InChI=1S/C12H16BrNO4S/c13-11-7-10(19(14,15)16)5-4-9(11)8-18-12-3-1-2-6-17-12/h4-5,7,12H,1-3,6,8H2,(H2,14,15,16). The Morgan fingerprint density at radius 1 is 1.42 bits per heavy atom. The van der Waals surface area contributed by atoms with E-state index in [9.17, 15) is 8.42 Å². The molecule has 0 bridgehead atoms. The van der Waals surface area contributed by atoms with E-state index in [1.165, 1.54) is 12.1 Å². The number of nitrogens with two attached hydrogens (primary N) is 1.